The van der Waals surface area contributed by atoms with Crippen LogP contribution in [-0.4, -0.2) is 61.9 Å². The summed E-state index contributed by atoms with van der Waals surface area (Å²) < 4.78 is 7.14. The molecule has 0 spiro atoms. The molecule has 3 heterocycles. The fourth-order valence-electron chi connectivity index (χ4n) is 4.86. The van der Waals surface area contributed by atoms with Gasteiger partial charge in [0.1, 0.15) is 5.65 Å². The van der Waals surface area contributed by atoms with E-state index in [9.17, 15) is 4.79 Å². The zero-order valence-electron chi connectivity index (χ0n) is 20.6. The quantitative estimate of drug-likeness (QED) is 0.367. The Morgan fingerprint density at radius 2 is 1.89 bits per heavy atom. The highest BCUT2D eigenvalue weighted by molar-refractivity contribution is 6.37. The van der Waals surface area contributed by atoms with Crippen molar-refractivity contribution in [3.8, 4) is 22.4 Å². The highest BCUT2D eigenvalue weighted by Crippen LogP contribution is 2.43. The first-order valence-corrected chi connectivity index (χ1v) is 12.5. The van der Waals surface area contributed by atoms with Crippen molar-refractivity contribution >= 4 is 34.2 Å². The Balaban J connectivity index is 1.61. The van der Waals surface area contributed by atoms with Crippen LogP contribution < -0.4 is 15.5 Å². The van der Waals surface area contributed by atoms with Gasteiger partial charge in [-0.15, -0.1) is 0 Å². The number of halogens is 1. The zero-order valence-corrected chi connectivity index (χ0v) is 21.3. The van der Waals surface area contributed by atoms with E-state index in [1.165, 1.54) is 5.69 Å². The van der Waals surface area contributed by atoms with Crippen LogP contribution >= 0.6 is 11.6 Å². The van der Waals surface area contributed by atoms with Gasteiger partial charge in [-0.05, 0) is 41.5 Å². The number of ether oxygens (including phenoxy) is 1. The third kappa shape index (κ3) is 4.69. The number of aromatic nitrogens is 2. The first-order valence-electron chi connectivity index (χ1n) is 12.1. The van der Waals surface area contributed by atoms with E-state index in [1.54, 1.807) is 13.3 Å². The molecule has 0 aliphatic carbocycles. The fourth-order valence-corrected chi connectivity index (χ4v) is 5.10. The van der Waals surface area contributed by atoms with Crippen LogP contribution in [0.4, 0.5) is 5.69 Å². The maximum atomic E-state index is 12.8. The van der Waals surface area contributed by atoms with Gasteiger partial charge in [-0.1, -0.05) is 35.9 Å². The second-order valence-corrected chi connectivity index (χ2v) is 9.29. The topological polar surface area (TPSA) is 71.4 Å². The van der Waals surface area contributed by atoms with Crippen molar-refractivity contribution in [3.63, 3.8) is 0 Å². The predicted octanol–water partition coefficient (Wildman–Crippen LogP) is 4.35. The lowest BCUT2D eigenvalue weighted by Crippen LogP contribution is -2.43. The minimum atomic E-state index is -0.139. The molecule has 7 nitrogen and oxygen atoms in total. The molecular formula is C28H30ClN5O2. The lowest BCUT2D eigenvalue weighted by molar-refractivity contribution is 0.0937. The molecule has 0 unspecified atom stereocenters. The number of nitrogens with one attached hydrogen (secondary N) is 2. The number of aryl methyl sites for hydroxylation is 1. The van der Waals surface area contributed by atoms with Gasteiger partial charge in [-0.25, -0.2) is 4.98 Å². The van der Waals surface area contributed by atoms with Crippen molar-refractivity contribution in [1.29, 1.82) is 0 Å². The summed E-state index contributed by atoms with van der Waals surface area (Å²) >= 11 is 6.74. The number of benzene rings is 2. The van der Waals surface area contributed by atoms with E-state index in [1.807, 2.05) is 37.4 Å². The molecule has 0 bridgehead atoms. The highest BCUT2D eigenvalue weighted by Gasteiger charge is 2.22. The number of pyridine rings is 1. The van der Waals surface area contributed by atoms with Crippen LogP contribution in [0.15, 0.2) is 60.8 Å². The van der Waals surface area contributed by atoms with Gasteiger partial charge < -0.3 is 24.8 Å². The predicted molar refractivity (Wildman–Crippen MR) is 146 cm³/mol. The Morgan fingerprint density at radius 3 is 2.64 bits per heavy atom. The number of carbonyl (C=O) groups excluding carboxylic acids is 1. The number of nitrogens with zero attached hydrogens (tertiary/aromatic N) is 3. The van der Waals surface area contributed by atoms with E-state index in [0.29, 0.717) is 23.7 Å². The van der Waals surface area contributed by atoms with Gasteiger partial charge in [-0.2, -0.15) is 0 Å². The summed E-state index contributed by atoms with van der Waals surface area (Å²) in [5, 5.41) is 7.81. The second-order valence-electron chi connectivity index (χ2n) is 8.89. The smallest absolute Gasteiger partial charge is 0.251 e. The minimum absolute atomic E-state index is 0.139. The average molecular weight is 504 g/mol. The van der Waals surface area contributed by atoms with Crippen LogP contribution in [0, 0.1) is 0 Å². The molecule has 2 N–H and O–H groups in total. The largest absolute Gasteiger partial charge is 0.383 e. The number of anilines is 1. The summed E-state index contributed by atoms with van der Waals surface area (Å²) in [5.41, 5.74) is 6.55. The molecule has 1 aliphatic rings. The summed E-state index contributed by atoms with van der Waals surface area (Å²) in [6.07, 6.45) is 1.73. The van der Waals surface area contributed by atoms with E-state index >= 15 is 0 Å². The van der Waals surface area contributed by atoms with Crippen molar-refractivity contribution in [3.05, 3.63) is 71.4 Å². The molecule has 8 heteroatoms. The third-order valence-corrected chi connectivity index (χ3v) is 6.96. The van der Waals surface area contributed by atoms with Crippen LogP contribution in [0.25, 0.3) is 33.4 Å². The molecule has 0 radical (unpaired) electrons. The molecule has 1 fully saturated rings. The Kier molecular flexibility index (Phi) is 7.23. The molecule has 1 saturated heterocycles. The van der Waals surface area contributed by atoms with E-state index < -0.39 is 0 Å². The van der Waals surface area contributed by atoms with Gasteiger partial charge in [0, 0.05) is 75.3 Å². The zero-order chi connectivity index (χ0) is 25.1. The molecule has 5 rings (SSSR count). The molecule has 2 aromatic heterocycles. The van der Waals surface area contributed by atoms with Gasteiger partial charge >= 0.3 is 0 Å². The lowest BCUT2D eigenvalue weighted by Gasteiger charge is -2.29. The SMILES string of the molecule is COCCNC(=O)c1cccc(-c2c(-c3ccc(N4CCNCC4)cc3)n(C)c3nccc(Cl)c23)c1. The molecule has 186 valence electrons. The van der Waals surface area contributed by atoms with Crippen molar-refractivity contribution < 1.29 is 9.53 Å². The Labute approximate surface area is 216 Å². The molecule has 1 aliphatic heterocycles. The van der Waals surface area contributed by atoms with Crippen LogP contribution in [-0.2, 0) is 11.8 Å². The number of carbonyl (C=O) groups is 1. The normalized spacial score (nSPS) is 13.8. The maximum Gasteiger partial charge on any atom is 0.251 e. The van der Waals surface area contributed by atoms with Crippen LogP contribution in [0.1, 0.15) is 10.4 Å². The monoisotopic (exact) mass is 503 g/mol. The summed E-state index contributed by atoms with van der Waals surface area (Å²) in [5.74, 6) is -0.139. The number of hydrogen-bond donors (Lipinski definition) is 2. The lowest BCUT2D eigenvalue weighted by atomic mass is 9.97. The molecule has 4 aromatic rings. The summed E-state index contributed by atoms with van der Waals surface area (Å²) in [6.45, 7) is 4.90. The first kappa shape index (κ1) is 24.3. The van der Waals surface area contributed by atoms with Gasteiger partial charge in [0.2, 0.25) is 0 Å². The van der Waals surface area contributed by atoms with E-state index in [-0.39, 0.29) is 5.91 Å². The number of rotatable bonds is 7. The number of methoxy groups -OCH3 is 1. The summed E-state index contributed by atoms with van der Waals surface area (Å²) in [4.78, 5) is 19.8. The van der Waals surface area contributed by atoms with E-state index in [0.717, 1.165) is 59.6 Å². The number of piperazine rings is 1. The standard InChI is InChI=1S/C28H30ClN5O2/c1-33-26(19-6-8-22(9-7-19)34-15-12-30-13-16-34)24(25-23(29)10-11-31-27(25)33)20-4-3-5-21(18-20)28(35)32-14-17-36-2/h3-11,18,30H,12-17H2,1-2H3,(H,32,35). The van der Waals surface area contributed by atoms with Crippen molar-refractivity contribution in [1.82, 2.24) is 20.2 Å². The second kappa shape index (κ2) is 10.7. The Hall–Kier alpha value is -3.39. The fraction of sp³-hybridized carbons (Fsp3) is 0.286. The average Bonchev–Trinajstić information content (AvgIpc) is 3.23. The minimum Gasteiger partial charge on any atom is -0.383 e. The van der Waals surface area contributed by atoms with Gasteiger partial charge in [0.05, 0.1) is 17.3 Å². The van der Waals surface area contributed by atoms with Crippen LogP contribution in [0.2, 0.25) is 5.02 Å². The van der Waals surface area contributed by atoms with Crippen molar-refractivity contribution in [2.24, 2.45) is 7.05 Å². The van der Waals surface area contributed by atoms with Gasteiger partial charge in [0.15, 0.2) is 0 Å². The summed E-state index contributed by atoms with van der Waals surface area (Å²) in [6, 6.07) is 18.1. The summed E-state index contributed by atoms with van der Waals surface area (Å²) in [7, 11) is 3.62. The Bertz CT molecular complexity index is 1380. The first-order chi connectivity index (χ1) is 17.6. The molecule has 2 aromatic carbocycles. The highest BCUT2D eigenvalue weighted by atomic mass is 35.5. The van der Waals surface area contributed by atoms with Gasteiger partial charge in [-0.3, -0.25) is 4.79 Å². The van der Waals surface area contributed by atoms with Crippen LogP contribution in [0.3, 0.4) is 0 Å². The van der Waals surface area contributed by atoms with Crippen molar-refractivity contribution in [2.75, 3.05) is 51.3 Å². The molecule has 1 amide bonds. The van der Waals surface area contributed by atoms with Crippen LogP contribution in [0.5, 0.6) is 0 Å². The van der Waals surface area contributed by atoms with Crippen molar-refractivity contribution in [2.45, 2.75) is 0 Å². The molecule has 0 saturated carbocycles. The van der Waals surface area contributed by atoms with E-state index in [4.69, 9.17) is 16.3 Å². The Morgan fingerprint density at radius 1 is 1.11 bits per heavy atom. The van der Waals surface area contributed by atoms with E-state index in [2.05, 4.69) is 49.4 Å². The van der Waals surface area contributed by atoms with Gasteiger partial charge in [0.25, 0.3) is 5.91 Å². The maximum absolute atomic E-state index is 12.8. The number of fused-ring (bicyclic) bond motifs is 1. The number of hydrogen-bond acceptors (Lipinski definition) is 5. The molecule has 36 heavy (non-hydrogen) atoms. The molecule has 0 atom stereocenters. The third-order valence-electron chi connectivity index (χ3n) is 6.65. The molecular weight excluding hydrogens is 474 g/mol. The number of amides is 1.